The predicted octanol–water partition coefficient (Wildman–Crippen LogP) is 2.63. The first-order chi connectivity index (χ1) is 13.1. The fourth-order valence-corrected chi connectivity index (χ4v) is 4.15. The van der Waals surface area contributed by atoms with E-state index in [0.29, 0.717) is 19.7 Å². The summed E-state index contributed by atoms with van der Waals surface area (Å²) in [5.41, 5.74) is 1.23. The molecule has 1 aromatic rings. The first kappa shape index (κ1) is 19.7. The number of piperidine rings is 1. The zero-order valence-electron chi connectivity index (χ0n) is 16.4. The number of ether oxygens (including phenoxy) is 2. The van der Waals surface area contributed by atoms with Crippen molar-refractivity contribution in [3.05, 3.63) is 29.8 Å². The number of esters is 1. The lowest BCUT2D eigenvalue weighted by Crippen LogP contribution is -2.46. The van der Waals surface area contributed by atoms with Crippen molar-refractivity contribution in [3.8, 4) is 5.75 Å². The second kappa shape index (κ2) is 9.22. The molecular weight excluding hydrogens is 344 g/mol. The van der Waals surface area contributed by atoms with Gasteiger partial charge in [0.1, 0.15) is 5.75 Å². The van der Waals surface area contributed by atoms with Crippen LogP contribution in [-0.4, -0.2) is 61.6 Å². The third-order valence-electron chi connectivity index (χ3n) is 5.60. The van der Waals surface area contributed by atoms with E-state index in [1.54, 1.807) is 7.11 Å². The number of carbonyl (C=O) groups excluding carboxylic acids is 2. The highest BCUT2D eigenvalue weighted by molar-refractivity contribution is 5.80. The van der Waals surface area contributed by atoms with Gasteiger partial charge in [0.15, 0.2) is 0 Å². The number of nitrogens with zero attached hydrogens (tertiary/aromatic N) is 2. The summed E-state index contributed by atoms with van der Waals surface area (Å²) in [5.74, 6) is 0.605. The molecule has 6 nitrogen and oxygen atoms in total. The molecule has 0 spiro atoms. The molecule has 2 atom stereocenters. The van der Waals surface area contributed by atoms with E-state index in [2.05, 4.69) is 17.0 Å². The first-order valence-corrected chi connectivity index (χ1v) is 9.94. The van der Waals surface area contributed by atoms with Crippen LogP contribution in [0.5, 0.6) is 5.75 Å². The molecule has 0 aliphatic carbocycles. The zero-order chi connectivity index (χ0) is 19.2. The molecule has 3 rings (SSSR count). The van der Waals surface area contributed by atoms with Gasteiger partial charge in [-0.15, -0.1) is 0 Å². The molecule has 2 aliphatic heterocycles. The van der Waals surface area contributed by atoms with Gasteiger partial charge in [0.2, 0.25) is 5.91 Å². The molecule has 0 unspecified atom stereocenters. The largest absolute Gasteiger partial charge is 0.497 e. The van der Waals surface area contributed by atoms with Crippen molar-refractivity contribution in [1.29, 1.82) is 0 Å². The monoisotopic (exact) mass is 374 g/mol. The minimum Gasteiger partial charge on any atom is -0.497 e. The molecule has 0 radical (unpaired) electrons. The average molecular weight is 374 g/mol. The van der Waals surface area contributed by atoms with E-state index in [1.807, 2.05) is 24.0 Å². The second-order valence-electron chi connectivity index (χ2n) is 7.33. The minimum atomic E-state index is -0.182. The van der Waals surface area contributed by atoms with E-state index in [1.165, 1.54) is 5.56 Å². The van der Waals surface area contributed by atoms with Gasteiger partial charge in [0.05, 0.1) is 26.2 Å². The standard InChI is InChI=1S/C21H30N2O4/c1-3-27-21(25)17-6-4-13-23(14-17)20(24)15-22-12-5-7-19(22)16-8-10-18(26-2)11-9-16/h8-11,17,19H,3-7,12-15H2,1-2H3/t17-,19-/m1/s1. The number of benzene rings is 1. The summed E-state index contributed by atoms with van der Waals surface area (Å²) in [6, 6.07) is 8.39. The minimum absolute atomic E-state index is 0.115. The summed E-state index contributed by atoms with van der Waals surface area (Å²) in [6.07, 6.45) is 3.82. The molecule has 0 saturated carbocycles. The molecule has 0 N–H and O–H groups in total. The fraction of sp³-hybridized carbons (Fsp3) is 0.619. The molecule has 2 heterocycles. The highest BCUT2D eigenvalue weighted by Gasteiger charge is 2.32. The van der Waals surface area contributed by atoms with Gasteiger partial charge in [-0.05, 0) is 56.8 Å². The fourth-order valence-electron chi connectivity index (χ4n) is 4.15. The van der Waals surface area contributed by atoms with Crippen LogP contribution in [0.2, 0.25) is 0 Å². The Morgan fingerprint density at radius 3 is 2.56 bits per heavy atom. The molecule has 148 valence electrons. The van der Waals surface area contributed by atoms with Crippen molar-refractivity contribution < 1.29 is 19.1 Å². The highest BCUT2D eigenvalue weighted by atomic mass is 16.5. The van der Waals surface area contributed by atoms with Crippen molar-refractivity contribution in [2.45, 2.75) is 38.6 Å². The quantitative estimate of drug-likeness (QED) is 0.717. The lowest BCUT2D eigenvalue weighted by atomic mass is 9.98. The van der Waals surface area contributed by atoms with Crippen molar-refractivity contribution in [2.24, 2.45) is 5.92 Å². The van der Waals surface area contributed by atoms with Crippen molar-refractivity contribution >= 4 is 11.9 Å². The number of hydrogen-bond donors (Lipinski definition) is 0. The Balaban J connectivity index is 1.59. The van der Waals surface area contributed by atoms with Crippen molar-refractivity contribution in [3.63, 3.8) is 0 Å². The van der Waals surface area contributed by atoms with Gasteiger partial charge < -0.3 is 14.4 Å². The van der Waals surface area contributed by atoms with E-state index in [4.69, 9.17) is 9.47 Å². The number of methoxy groups -OCH3 is 1. The van der Waals surface area contributed by atoms with Crippen LogP contribution in [0.4, 0.5) is 0 Å². The number of carbonyl (C=O) groups is 2. The molecule has 2 fully saturated rings. The van der Waals surface area contributed by atoms with Crippen LogP contribution in [-0.2, 0) is 14.3 Å². The summed E-state index contributed by atoms with van der Waals surface area (Å²) in [4.78, 5) is 29.0. The van der Waals surface area contributed by atoms with Gasteiger partial charge >= 0.3 is 5.97 Å². The molecule has 1 aromatic carbocycles. The molecule has 2 saturated heterocycles. The second-order valence-corrected chi connectivity index (χ2v) is 7.33. The Bertz CT molecular complexity index is 646. The Labute approximate surface area is 161 Å². The zero-order valence-corrected chi connectivity index (χ0v) is 16.4. The number of rotatable bonds is 6. The molecule has 27 heavy (non-hydrogen) atoms. The number of hydrogen-bond acceptors (Lipinski definition) is 5. The Morgan fingerprint density at radius 1 is 1.11 bits per heavy atom. The van der Waals surface area contributed by atoms with E-state index in [9.17, 15) is 9.59 Å². The highest BCUT2D eigenvalue weighted by Crippen LogP contribution is 2.32. The van der Waals surface area contributed by atoms with E-state index >= 15 is 0 Å². The van der Waals surface area contributed by atoms with Crippen molar-refractivity contribution in [2.75, 3.05) is 39.9 Å². The molecule has 0 bridgehead atoms. The summed E-state index contributed by atoms with van der Waals surface area (Å²) < 4.78 is 10.4. The van der Waals surface area contributed by atoms with E-state index in [-0.39, 0.29) is 23.8 Å². The van der Waals surface area contributed by atoms with Gasteiger partial charge in [-0.1, -0.05) is 12.1 Å². The summed E-state index contributed by atoms with van der Waals surface area (Å²) >= 11 is 0. The molecule has 1 amide bonds. The van der Waals surface area contributed by atoms with Crippen LogP contribution in [0.1, 0.15) is 44.2 Å². The molecular formula is C21H30N2O4. The maximum atomic E-state index is 12.9. The van der Waals surface area contributed by atoms with Gasteiger partial charge in [0.25, 0.3) is 0 Å². The number of amides is 1. The van der Waals surface area contributed by atoms with Crippen LogP contribution in [0, 0.1) is 5.92 Å². The van der Waals surface area contributed by atoms with E-state index < -0.39 is 0 Å². The maximum Gasteiger partial charge on any atom is 0.310 e. The number of likely N-dealkylation sites (tertiary alicyclic amines) is 2. The Morgan fingerprint density at radius 2 is 1.85 bits per heavy atom. The van der Waals surface area contributed by atoms with Gasteiger partial charge in [-0.3, -0.25) is 14.5 Å². The lowest BCUT2D eigenvalue weighted by molar-refractivity contribution is -0.151. The topological polar surface area (TPSA) is 59.1 Å². The van der Waals surface area contributed by atoms with Gasteiger partial charge in [-0.25, -0.2) is 0 Å². The normalized spacial score (nSPS) is 23.3. The molecule has 0 aromatic heterocycles. The summed E-state index contributed by atoms with van der Waals surface area (Å²) in [7, 11) is 1.66. The van der Waals surface area contributed by atoms with E-state index in [0.717, 1.165) is 44.5 Å². The smallest absolute Gasteiger partial charge is 0.310 e. The van der Waals surface area contributed by atoms with Crippen molar-refractivity contribution in [1.82, 2.24) is 9.80 Å². The molecule has 2 aliphatic rings. The van der Waals surface area contributed by atoms with Gasteiger partial charge in [0, 0.05) is 19.1 Å². The van der Waals surface area contributed by atoms with Crippen LogP contribution < -0.4 is 4.74 Å². The summed E-state index contributed by atoms with van der Waals surface area (Å²) in [5, 5.41) is 0. The van der Waals surface area contributed by atoms with Gasteiger partial charge in [-0.2, -0.15) is 0 Å². The predicted molar refractivity (Wildman–Crippen MR) is 102 cm³/mol. The van der Waals surface area contributed by atoms with Crippen LogP contribution in [0.25, 0.3) is 0 Å². The lowest BCUT2D eigenvalue weighted by Gasteiger charge is -2.33. The third-order valence-corrected chi connectivity index (χ3v) is 5.60. The average Bonchev–Trinajstić information content (AvgIpc) is 3.16. The van der Waals surface area contributed by atoms with Crippen LogP contribution in [0.15, 0.2) is 24.3 Å². The SMILES string of the molecule is CCOC(=O)[C@@H]1CCCN(C(=O)CN2CCC[C@@H]2c2ccc(OC)cc2)C1. The Kier molecular flexibility index (Phi) is 6.72. The van der Waals surface area contributed by atoms with Crippen LogP contribution in [0.3, 0.4) is 0 Å². The third kappa shape index (κ3) is 4.80. The Hall–Kier alpha value is -2.08. The van der Waals surface area contributed by atoms with Crippen LogP contribution >= 0.6 is 0 Å². The summed E-state index contributed by atoms with van der Waals surface area (Å²) in [6.45, 7) is 4.76. The first-order valence-electron chi connectivity index (χ1n) is 9.94. The maximum absolute atomic E-state index is 12.9. The molecule has 6 heteroatoms.